The maximum atomic E-state index is 12.8. The quantitative estimate of drug-likeness (QED) is 0.251. The molecule has 1 saturated heterocycles. The summed E-state index contributed by atoms with van der Waals surface area (Å²) in [7, 11) is 0. The highest BCUT2D eigenvalue weighted by atomic mass is 19.4. The minimum absolute atomic E-state index is 0.181. The molecule has 40 heavy (non-hydrogen) atoms. The Hall–Kier alpha value is -4.22. The Morgan fingerprint density at radius 1 is 1.00 bits per heavy atom. The molecule has 1 fully saturated rings. The van der Waals surface area contributed by atoms with Crippen LogP contribution >= 0.6 is 0 Å². The molecule has 0 spiro atoms. The fraction of sp³-hybridized carbons (Fsp3) is 0.276. The first-order chi connectivity index (χ1) is 19.3. The van der Waals surface area contributed by atoms with E-state index in [0.29, 0.717) is 24.5 Å². The van der Waals surface area contributed by atoms with Gasteiger partial charge in [-0.1, -0.05) is 12.1 Å². The summed E-state index contributed by atoms with van der Waals surface area (Å²) in [5.74, 6) is 0. The molecule has 1 atom stereocenters. The van der Waals surface area contributed by atoms with Crippen LogP contribution in [0.5, 0.6) is 0 Å². The van der Waals surface area contributed by atoms with E-state index in [1.54, 1.807) is 30.6 Å². The molecule has 0 bridgehead atoms. The molecule has 0 aliphatic carbocycles. The van der Waals surface area contributed by atoms with Crippen molar-refractivity contribution in [3.8, 4) is 22.4 Å². The van der Waals surface area contributed by atoms with E-state index < -0.39 is 17.8 Å². The van der Waals surface area contributed by atoms with E-state index in [1.165, 1.54) is 12.1 Å². The number of anilines is 2. The fourth-order valence-corrected chi connectivity index (χ4v) is 4.39. The molecular formula is C29H28F3N5O3. The van der Waals surface area contributed by atoms with Gasteiger partial charge in [0.25, 0.3) is 0 Å². The first kappa shape index (κ1) is 27.4. The summed E-state index contributed by atoms with van der Waals surface area (Å²) in [5.41, 5.74) is 3.26. The highest BCUT2D eigenvalue weighted by Gasteiger charge is 2.30. The van der Waals surface area contributed by atoms with Crippen LogP contribution in [0.25, 0.3) is 22.4 Å². The number of aromatic nitrogens is 3. The zero-order valence-electron chi connectivity index (χ0n) is 21.5. The Kier molecular flexibility index (Phi) is 8.42. The normalized spacial score (nSPS) is 15.5. The van der Waals surface area contributed by atoms with Crippen LogP contribution in [-0.2, 0) is 22.2 Å². The molecule has 0 radical (unpaired) electrons. The van der Waals surface area contributed by atoms with Gasteiger partial charge in [0.1, 0.15) is 5.69 Å². The van der Waals surface area contributed by atoms with Gasteiger partial charge in [-0.15, -0.1) is 0 Å². The third kappa shape index (κ3) is 7.04. The lowest BCUT2D eigenvalue weighted by molar-refractivity contribution is -0.163. The van der Waals surface area contributed by atoms with Crippen LogP contribution in [0.3, 0.4) is 0 Å². The standard InChI is InChI=1S/C29H28F3N5O3/c30-29(31,32)22-7-9-23(10-8-22)34-28(38)35-24-5-3-4-21(18-24)27-25(20-11-13-33-14-12-20)19-37(36-27)15-17-40-26-6-1-2-16-39-26/h3-5,7-14,18-19,26H,1-2,6,15-17H2,(H2,34,35,38). The second-order valence-corrected chi connectivity index (χ2v) is 9.29. The Bertz CT molecular complexity index is 1420. The lowest BCUT2D eigenvalue weighted by atomic mass is 10.0. The van der Waals surface area contributed by atoms with E-state index in [4.69, 9.17) is 14.6 Å². The van der Waals surface area contributed by atoms with Crippen LogP contribution in [0.1, 0.15) is 24.8 Å². The molecule has 208 valence electrons. The van der Waals surface area contributed by atoms with Crippen LogP contribution in [0.2, 0.25) is 0 Å². The molecular weight excluding hydrogens is 523 g/mol. The third-order valence-corrected chi connectivity index (χ3v) is 6.38. The molecule has 1 unspecified atom stereocenters. The number of ether oxygens (including phenoxy) is 2. The van der Waals surface area contributed by atoms with Crippen molar-refractivity contribution in [1.29, 1.82) is 0 Å². The minimum Gasteiger partial charge on any atom is -0.353 e. The van der Waals surface area contributed by atoms with E-state index in [2.05, 4.69) is 15.6 Å². The molecule has 3 heterocycles. The summed E-state index contributed by atoms with van der Waals surface area (Å²) >= 11 is 0. The number of nitrogens with one attached hydrogen (secondary N) is 2. The summed E-state index contributed by atoms with van der Waals surface area (Å²) in [6, 6.07) is 14.7. The Labute approximate surface area is 229 Å². The predicted octanol–water partition coefficient (Wildman–Crippen LogP) is 6.82. The van der Waals surface area contributed by atoms with Gasteiger partial charge in [0.15, 0.2) is 6.29 Å². The van der Waals surface area contributed by atoms with Crippen molar-refractivity contribution < 1.29 is 27.4 Å². The zero-order chi connectivity index (χ0) is 28.0. The van der Waals surface area contributed by atoms with Gasteiger partial charge in [-0.05, 0) is 73.4 Å². The molecule has 1 aliphatic rings. The van der Waals surface area contributed by atoms with Crippen molar-refractivity contribution in [1.82, 2.24) is 14.8 Å². The van der Waals surface area contributed by atoms with Crippen LogP contribution in [-0.4, -0.2) is 40.3 Å². The molecule has 5 rings (SSSR count). The number of hydrogen-bond donors (Lipinski definition) is 2. The van der Waals surface area contributed by atoms with Crippen LogP contribution in [0.15, 0.2) is 79.3 Å². The highest BCUT2D eigenvalue weighted by molar-refractivity contribution is 6.00. The predicted molar refractivity (Wildman–Crippen MR) is 145 cm³/mol. The van der Waals surface area contributed by atoms with E-state index in [1.807, 2.05) is 29.1 Å². The summed E-state index contributed by atoms with van der Waals surface area (Å²) < 4.78 is 51.8. The van der Waals surface area contributed by atoms with E-state index >= 15 is 0 Å². The molecule has 2 N–H and O–H groups in total. The van der Waals surface area contributed by atoms with Crippen LogP contribution in [0.4, 0.5) is 29.3 Å². The number of benzene rings is 2. The first-order valence-electron chi connectivity index (χ1n) is 12.9. The van der Waals surface area contributed by atoms with Gasteiger partial charge in [0.2, 0.25) is 0 Å². The number of pyridine rings is 1. The minimum atomic E-state index is -4.44. The van der Waals surface area contributed by atoms with Crippen molar-refractivity contribution in [2.45, 2.75) is 38.3 Å². The van der Waals surface area contributed by atoms with E-state index in [0.717, 1.165) is 54.7 Å². The number of carbonyl (C=O) groups is 1. The fourth-order valence-electron chi connectivity index (χ4n) is 4.39. The topological polar surface area (TPSA) is 90.3 Å². The second-order valence-electron chi connectivity index (χ2n) is 9.29. The number of hydrogen-bond acceptors (Lipinski definition) is 5. The van der Waals surface area contributed by atoms with Crippen molar-refractivity contribution in [2.24, 2.45) is 0 Å². The maximum Gasteiger partial charge on any atom is 0.416 e. The van der Waals surface area contributed by atoms with Crippen molar-refractivity contribution in [3.63, 3.8) is 0 Å². The molecule has 2 aromatic carbocycles. The van der Waals surface area contributed by atoms with Crippen molar-refractivity contribution in [2.75, 3.05) is 23.8 Å². The van der Waals surface area contributed by atoms with Gasteiger partial charge in [0, 0.05) is 47.7 Å². The average molecular weight is 552 g/mol. The van der Waals surface area contributed by atoms with Crippen LogP contribution in [0, 0.1) is 0 Å². The lowest BCUT2D eigenvalue weighted by Gasteiger charge is -2.22. The molecule has 2 aromatic heterocycles. The van der Waals surface area contributed by atoms with Gasteiger partial charge in [-0.2, -0.15) is 18.3 Å². The Morgan fingerprint density at radius 3 is 2.50 bits per heavy atom. The smallest absolute Gasteiger partial charge is 0.353 e. The third-order valence-electron chi connectivity index (χ3n) is 6.38. The zero-order valence-corrected chi connectivity index (χ0v) is 21.5. The van der Waals surface area contributed by atoms with Crippen molar-refractivity contribution >= 4 is 17.4 Å². The Morgan fingerprint density at radius 2 is 1.77 bits per heavy atom. The SMILES string of the molecule is O=C(Nc1ccc(C(F)(F)F)cc1)Nc1cccc(-c2nn(CCOC3CCCCO3)cc2-c2ccncc2)c1. The van der Waals surface area contributed by atoms with E-state index in [9.17, 15) is 18.0 Å². The number of rotatable bonds is 8. The summed E-state index contributed by atoms with van der Waals surface area (Å²) in [6.07, 6.45) is 3.79. The summed E-state index contributed by atoms with van der Waals surface area (Å²) in [6.45, 7) is 1.70. The van der Waals surface area contributed by atoms with Gasteiger partial charge in [0.05, 0.1) is 18.7 Å². The number of nitrogens with zero attached hydrogens (tertiary/aromatic N) is 3. The molecule has 4 aromatic rings. The second kappa shape index (κ2) is 12.3. The van der Waals surface area contributed by atoms with Crippen molar-refractivity contribution in [3.05, 3.63) is 84.8 Å². The monoisotopic (exact) mass is 551 g/mol. The highest BCUT2D eigenvalue weighted by Crippen LogP contribution is 2.32. The van der Waals surface area contributed by atoms with Gasteiger partial charge in [-0.3, -0.25) is 9.67 Å². The summed E-state index contributed by atoms with van der Waals surface area (Å²) in [4.78, 5) is 16.7. The number of alkyl halides is 3. The summed E-state index contributed by atoms with van der Waals surface area (Å²) in [5, 5.41) is 10.1. The Balaban J connectivity index is 1.30. The van der Waals surface area contributed by atoms with Gasteiger partial charge >= 0.3 is 12.2 Å². The van der Waals surface area contributed by atoms with Gasteiger partial charge < -0.3 is 20.1 Å². The number of halogens is 3. The molecule has 11 heteroatoms. The molecule has 1 aliphatic heterocycles. The number of carbonyl (C=O) groups excluding carboxylic acids is 1. The molecule has 0 saturated carbocycles. The first-order valence-corrected chi connectivity index (χ1v) is 12.9. The van der Waals surface area contributed by atoms with Gasteiger partial charge in [-0.25, -0.2) is 4.79 Å². The maximum absolute atomic E-state index is 12.8. The van der Waals surface area contributed by atoms with Crippen LogP contribution < -0.4 is 10.6 Å². The molecule has 8 nitrogen and oxygen atoms in total. The lowest BCUT2D eigenvalue weighted by Crippen LogP contribution is -2.24. The van der Waals surface area contributed by atoms with E-state index in [-0.39, 0.29) is 12.0 Å². The number of amides is 2. The molecule has 2 amide bonds. The largest absolute Gasteiger partial charge is 0.416 e. The number of urea groups is 1. The average Bonchev–Trinajstić information content (AvgIpc) is 3.38.